The van der Waals surface area contributed by atoms with Gasteiger partial charge < -0.3 is 33.9 Å². The molecule has 10 atom stereocenters. The van der Waals surface area contributed by atoms with Gasteiger partial charge in [0.25, 0.3) is 0 Å². The maximum atomic E-state index is 13.9. The number of hydrogen-bond acceptors (Lipinski definition) is 10. The molecule has 224 valence electrons. The summed E-state index contributed by atoms with van der Waals surface area (Å²) in [6, 6.07) is 12.9. The van der Waals surface area contributed by atoms with Crippen molar-refractivity contribution < 1.29 is 48.3 Å². The molecule has 12 heteroatoms. The van der Waals surface area contributed by atoms with Crippen molar-refractivity contribution in [3.63, 3.8) is 0 Å². The van der Waals surface area contributed by atoms with Crippen LogP contribution in [-0.4, -0.2) is 78.1 Å². The fourth-order valence-electron chi connectivity index (χ4n) is 7.79. The smallest absolute Gasteiger partial charge is 0.338 e. The lowest BCUT2D eigenvalue weighted by molar-refractivity contribution is -0.340. The van der Waals surface area contributed by atoms with E-state index in [2.05, 4.69) is 31.9 Å². The first-order valence-corrected chi connectivity index (χ1v) is 15.2. The molecule has 2 bridgehead atoms. The van der Waals surface area contributed by atoms with Gasteiger partial charge in [-0.05, 0) is 48.5 Å². The van der Waals surface area contributed by atoms with Gasteiger partial charge >= 0.3 is 17.9 Å². The third-order valence-corrected chi connectivity index (χ3v) is 11.1. The largest absolute Gasteiger partial charge is 0.461 e. The lowest BCUT2D eigenvalue weighted by Gasteiger charge is -2.61. The monoisotopic (exact) mass is 708 g/mol. The van der Waals surface area contributed by atoms with E-state index in [4.69, 9.17) is 23.7 Å². The molecule has 4 fully saturated rings. The second-order valence-corrected chi connectivity index (χ2v) is 13.5. The summed E-state index contributed by atoms with van der Waals surface area (Å²) in [7, 11) is 1.36. The lowest BCUT2D eigenvalue weighted by Crippen LogP contribution is -2.76. The molecule has 42 heavy (non-hydrogen) atoms. The van der Waals surface area contributed by atoms with Gasteiger partial charge in [-0.25, -0.2) is 9.59 Å². The van der Waals surface area contributed by atoms with E-state index < -0.39 is 76.9 Å². The molecule has 0 aromatic heterocycles. The highest BCUT2D eigenvalue weighted by atomic mass is 79.9. The van der Waals surface area contributed by atoms with Crippen molar-refractivity contribution in [1.29, 1.82) is 0 Å². The Labute approximate surface area is 258 Å². The van der Waals surface area contributed by atoms with Gasteiger partial charge in [0.05, 0.1) is 17.7 Å². The third kappa shape index (κ3) is 3.92. The van der Waals surface area contributed by atoms with Gasteiger partial charge in [-0.3, -0.25) is 4.79 Å². The van der Waals surface area contributed by atoms with Crippen LogP contribution in [0.4, 0.5) is 0 Å². The van der Waals surface area contributed by atoms with Crippen LogP contribution in [0.3, 0.4) is 0 Å². The molecule has 0 unspecified atom stereocenters. The van der Waals surface area contributed by atoms with Crippen LogP contribution < -0.4 is 0 Å². The molecule has 2 N–H and O–H groups in total. The van der Waals surface area contributed by atoms with E-state index in [0.29, 0.717) is 0 Å². The fraction of sp³-hybridized carbons (Fsp3) is 0.500. The van der Waals surface area contributed by atoms with Crippen LogP contribution in [0.15, 0.2) is 57.5 Å². The minimum atomic E-state index is -2.25. The molecule has 1 spiro atoms. The highest BCUT2D eigenvalue weighted by Crippen LogP contribution is 2.72. The molecule has 2 saturated carbocycles. The Morgan fingerprint density at radius 3 is 2.07 bits per heavy atom. The number of aliphatic hydroxyl groups excluding tert-OH is 1. The predicted molar refractivity (Wildman–Crippen MR) is 152 cm³/mol. The Kier molecular flexibility index (Phi) is 7.34. The molecule has 2 heterocycles. The lowest BCUT2D eigenvalue weighted by atomic mass is 9.46. The number of methoxy groups -OCH3 is 1. The van der Waals surface area contributed by atoms with Crippen LogP contribution in [0.2, 0.25) is 0 Å². The van der Waals surface area contributed by atoms with Crippen molar-refractivity contribution in [3.05, 3.63) is 68.6 Å². The van der Waals surface area contributed by atoms with Gasteiger partial charge in [0.1, 0.15) is 29.3 Å². The summed E-state index contributed by atoms with van der Waals surface area (Å²) in [5, 5.41) is 24.8. The van der Waals surface area contributed by atoms with Crippen LogP contribution in [0.25, 0.3) is 0 Å². The van der Waals surface area contributed by atoms with E-state index in [1.807, 2.05) is 0 Å². The quantitative estimate of drug-likeness (QED) is 0.350. The first-order valence-electron chi connectivity index (χ1n) is 13.6. The number of esters is 3. The summed E-state index contributed by atoms with van der Waals surface area (Å²) in [5.41, 5.74) is -5.05. The van der Waals surface area contributed by atoms with Gasteiger partial charge in [0.15, 0.2) is 12.4 Å². The van der Waals surface area contributed by atoms with E-state index in [1.54, 1.807) is 62.4 Å². The number of ether oxygens (including phenoxy) is 5. The van der Waals surface area contributed by atoms with Gasteiger partial charge in [-0.1, -0.05) is 45.7 Å². The Balaban J connectivity index is 1.50. The van der Waals surface area contributed by atoms with Crippen LogP contribution in [0, 0.1) is 22.7 Å². The number of aliphatic hydroxyl groups is 2. The average Bonchev–Trinajstić information content (AvgIpc) is 3.38. The molecular weight excluding hydrogens is 680 g/mol. The van der Waals surface area contributed by atoms with Crippen molar-refractivity contribution >= 4 is 49.8 Å². The van der Waals surface area contributed by atoms with Crippen molar-refractivity contribution in [2.24, 2.45) is 22.7 Å². The maximum absolute atomic E-state index is 13.9. The number of rotatable bonds is 5. The summed E-state index contributed by atoms with van der Waals surface area (Å²) < 4.78 is 30.6. The standard InChI is InChI=1S/C30H30Br2O10/c1-14-21(41-24(34)15-4-8-17(31)9-5-15)23(42-25(35)16-6-10-18(32)11-7-16)30(37)28(2)19(13-39-26(38-3)22(28)33)20-12-29(14,30)27(36)40-20/h4-11,14,19-23,26,33,37H,12-13H2,1-3H3/t14-,19-,20-,21+,22+,23-,26-,28+,29+,30+/m1/s1. The molecule has 2 aliphatic carbocycles. The van der Waals surface area contributed by atoms with Crippen molar-refractivity contribution in [2.45, 2.75) is 56.6 Å². The van der Waals surface area contributed by atoms with Crippen molar-refractivity contribution in [1.82, 2.24) is 0 Å². The summed E-state index contributed by atoms with van der Waals surface area (Å²) in [6.07, 6.45) is -6.06. The Morgan fingerprint density at radius 2 is 1.52 bits per heavy atom. The number of fused-ring (bicyclic) bond motifs is 4. The Morgan fingerprint density at radius 1 is 0.976 bits per heavy atom. The van der Waals surface area contributed by atoms with Crippen LogP contribution in [0.5, 0.6) is 0 Å². The van der Waals surface area contributed by atoms with Crippen molar-refractivity contribution in [3.8, 4) is 0 Å². The zero-order valence-corrected chi connectivity index (χ0v) is 26.2. The summed E-state index contributed by atoms with van der Waals surface area (Å²) >= 11 is 6.69. The topological polar surface area (TPSA) is 138 Å². The number of carbonyl (C=O) groups excluding carboxylic acids is 3. The third-order valence-electron chi connectivity index (χ3n) is 10.0. The number of carbonyl (C=O) groups is 3. The van der Waals surface area contributed by atoms with E-state index in [9.17, 15) is 24.6 Å². The summed E-state index contributed by atoms with van der Waals surface area (Å²) in [4.78, 5) is 40.9. The molecule has 2 aromatic rings. The highest BCUT2D eigenvalue weighted by molar-refractivity contribution is 9.10. The number of hydrogen-bond donors (Lipinski definition) is 2. The van der Waals surface area contributed by atoms with E-state index in [-0.39, 0.29) is 24.2 Å². The van der Waals surface area contributed by atoms with E-state index in [0.717, 1.165) is 8.95 Å². The molecule has 4 aliphatic rings. The SMILES string of the molecule is CO[C@@H]1OC[C@@H]2[C@H]3C[C@@]4(C(=O)O3)[C@H](C)[C@H](OC(=O)c3ccc(Br)cc3)[C@@H](OC(=O)c3ccc(Br)cc3)[C@]4(O)[C@]2(C)[C@H]1O. The molecule has 2 saturated heterocycles. The molecule has 2 aromatic carbocycles. The second kappa shape index (κ2) is 10.4. The van der Waals surface area contributed by atoms with Gasteiger partial charge in [-0.2, -0.15) is 0 Å². The van der Waals surface area contributed by atoms with E-state index >= 15 is 0 Å². The van der Waals surface area contributed by atoms with Gasteiger partial charge in [0.2, 0.25) is 0 Å². The zero-order valence-electron chi connectivity index (χ0n) is 23.0. The van der Waals surface area contributed by atoms with Crippen molar-refractivity contribution in [2.75, 3.05) is 13.7 Å². The first-order chi connectivity index (χ1) is 19.9. The molecule has 0 amide bonds. The molecule has 0 radical (unpaired) electrons. The number of benzene rings is 2. The summed E-state index contributed by atoms with van der Waals surface area (Å²) in [5.74, 6) is -3.77. The Bertz CT molecular complexity index is 1420. The van der Waals surface area contributed by atoms with Gasteiger partial charge in [-0.15, -0.1) is 0 Å². The second-order valence-electron chi connectivity index (χ2n) is 11.7. The molecule has 2 aliphatic heterocycles. The Hall–Kier alpha value is -2.35. The van der Waals surface area contributed by atoms with E-state index in [1.165, 1.54) is 7.11 Å². The molecule has 10 nitrogen and oxygen atoms in total. The molecule has 6 rings (SSSR count). The number of halogens is 2. The van der Waals surface area contributed by atoms with Crippen LogP contribution in [0.1, 0.15) is 41.0 Å². The predicted octanol–water partition coefficient (Wildman–Crippen LogP) is 3.65. The normalized spacial score (nSPS) is 40.1. The van der Waals surface area contributed by atoms with Crippen LogP contribution >= 0.6 is 31.9 Å². The average molecular weight is 710 g/mol. The zero-order chi connectivity index (χ0) is 30.2. The molecular formula is C30H30Br2O10. The minimum absolute atomic E-state index is 0.00745. The van der Waals surface area contributed by atoms with Gasteiger partial charge in [0, 0.05) is 39.7 Å². The summed E-state index contributed by atoms with van der Waals surface area (Å²) in [6.45, 7) is 3.31. The first kappa shape index (κ1) is 29.7. The minimum Gasteiger partial charge on any atom is -0.461 e. The fourth-order valence-corrected chi connectivity index (χ4v) is 8.32. The maximum Gasteiger partial charge on any atom is 0.338 e. The van der Waals surface area contributed by atoms with Crippen LogP contribution in [-0.2, 0) is 28.5 Å². The highest BCUT2D eigenvalue weighted by Gasteiger charge is 2.87.